The Balaban J connectivity index is 1.67. The van der Waals surface area contributed by atoms with E-state index in [1.54, 1.807) is 35.2 Å². The smallest absolute Gasteiger partial charge is 0.258 e. The second-order valence-corrected chi connectivity index (χ2v) is 9.37. The van der Waals surface area contributed by atoms with Crippen molar-refractivity contribution in [3.05, 3.63) is 89.0 Å². The number of fused-ring (bicyclic) bond motifs is 1. The first-order chi connectivity index (χ1) is 17.8. The maximum atomic E-state index is 13.8. The van der Waals surface area contributed by atoms with Crippen LogP contribution in [0.4, 0.5) is 11.4 Å². The van der Waals surface area contributed by atoms with Gasteiger partial charge in [-0.05, 0) is 75.3 Å². The van der Waals surface area contributed by atoms with Crippen LogP contribution in [0.1, 0.15) is 50.7 Å². The van der Waals surface area contributed by atoms with Gasteiger partial charge in [-0.15, -0.1) is 0 Å². The van der Waals surface area contributed by atoms with Gasteiger partial charge in [-0.1, -0.05) is 36.4 Å². The molecule has 1 aliphatic rings. The highest BCUT2D eigenvalue weighted by atomic mass is 16.5. The Hall–Kier alpha value is -4.17. The van der Waals surface area contributed by atoms with Crippen molar-refractivity contribution in [3.8, 4) is 5.75 Å². The average Bonchev–Trinajstić information content (AvgIpc) is 3.08. The number of amides is 3. The SMILES string of the molecule is Cc1ccccc1C(=O)Nc1ccc(C(=O)N2CCCC(N(C)C)c3ccccc32)cc1OCC(N)=O. The maximum Gasteiger partial charge on any atom is 0.258 e. The molecule has 0 radical (unpaired) electrons. The van der Waals surface area contributed by atoms with E-state index in [0.717, 1.165) is 29.7 Å². The lowest BCUT2D eigenvalue weighted by atomic mass is 10.0. The van der Waals surface area contributed by atoms with Crippen molar-refractivity contribution in [1.82, 2.24) is 4.90 Å². The van der Waals surface area contributed by atoms with Gasteiger partial charge in [0, 0.05) is 29.4 Å². The average molecular weight is 501 g/mol. The normalized spacial score (nSPS) is 15.0. The van der Waals surface area contributed by atoms with Crippen molar-refractivity contribution in [3.63, 3.8) is 0 Å². The second kappa shape index (κ2) is 11.3. The van der Waals surface area contributed by atoms with Crippen LogP contribution in [-0.2, 0) is 4.79 Å². The first-order valence-corrected chi connectivity index (χ1v) is 12.3. The third kappa shape index (κ3) is 5.81. The third-order valence-electron chi connectivity index (χ3n) is 6.55. The van der Waals surface area contributed by atoms with Crippen LogP contribution in [0.2, 0.25) is 0 Å². The molecule has 0 aliphatic carbocycles. The van der Waals surface area contributed by atoms with Crippen molar-refractivity contribution in [1.29, 1.82) is 0 Å². The molecule has 3 N–H and O–H groups in total. The van der Waals surface area contributed by atoms with E-state index in [-0.39, 0.29) is 30.2 Å². The number of benzene rings is 3. The lowest BCUT2D eigenvalue weighted by Gasteiger charge is -2.27. The Labute approximate surface area is 217 Å². The van der Waals surface area contributed by atoms with Crippen LogP contribution in [-0.4, -0.2) is 49.9 Å². The predicted octanol–water partition coefficient (Wildman–Crippen LogP) is 4.15. The minimum Gasteiger partial charge on any atom is -0.482 e. The van der Waals surface area contributed by atoms with Crippen LogP contribution >= 0.6 is 0 Å². The lowest BCUT2D eigenvalue weighted by molar-refractivity contribution is -0.119. The summed E-state index contributed by atoms with van der Waals surface area (Å²) in [5, 5.41) is 2.83. The lowest BCUT2D eigenvalue weighted by Crippen LogP contribution is -2.32. The Bertz CT molecular complexity index is 1320. The zero-order chi connectivity index (χ0) is 26.5. The van der Waals surface area contributed by atoms with Crippen LogP contribution in [0.25, 0.3) is 0 Å². The van der Waals surface area contributed by atoms with E-state index < -0.39 is 5.91 Å². The molecule has 0 spiro atoms. The van der Waals surface area contributed by atoms with Gasteiger partial charge in [0.1, 0.15) is 5.75 Å². The Morgan fingerprint density at radius 1 is 1.05 bits per heavy atom. The summed E-state index contributed by atoms with van der Waals surface area (Å²) in [5.41, 5.74) is 9.33. The fourth-order valence-corrected chi connectivity index (χ4v) is 4.68. The predicted molar refractivity (Wildman–Crippen MR) is 144 cm³/mol. The van der Waals surface area contributed by atoms with E-state index >= 15 is 0 Å². The molecule has 3 aromatic rings. The number of primary amides is 1. The summed E-state index contributed by atoms with van der Waals surface area (Å²) in [6, 6.07) is 20.2. The number of carbonyl (C=O) groups excluding carboxylic acids is 3. The van der Waals surface area contributed by atoms with Gasteiger partial charge in [-0.3, -0.25) is 14.4 Å². The molecule has 8 heteroatoms. The van der Waals surface area contributed by atoms with Gasteiger partial charge in [-0.2, -0.15) is 0 Å². The summed E-state index contributed by atoms with van der Waals surface area (Å²) < 4.78 is 5.62. The summed E-state index contributed by atoms with van der Waals surface area (Å²) in [5.74, 6) is -0.977. The third-order valence-corrected chi connectivity index (χ3v) is 6.55. The molecule has 0 aromatic heterocycles. The highest BCUT2D eigenvalue weighted by molar-refractivity contribution is 6.09. The van der Waals surface area contributed by atoms with Crippen LogP contribution < -0.4 is 20.7 Å². The highest BCUT2D eigenvalue weighted by Gasteiger charge is 2.28. The fraction of sp³-hybridized carbons (Fsp3) is 0.276. The molecule has 4 rings (SSSR count). The first-order valence-electron chi connectivity index (χ1n) is 12.3. The number of aryl methyl sites for hydroxylation is 1. The van der Waals surface area contributed by atoms with Gasteiger partial charge in [0.15, 0.2) is 6.61 Å². The minimum absolute atomic E-state index is 0.187. The van der Waals surface area contributed by atoms with E-state index in [2.05, 4.69) is 16.3 Å². The van der Waals surface area contributed by atoms with Gasteiger partial charge >= 0.3 is 0 Å². The summed E-state index contributed by atoms with van der Waals surface area (Å²) in [6.07, 6.45) is 1.78. The molecule has 0 bridgehead atoms. The Morgan fingerprint density at radius 2 is 1.78 bits per heavy atom. The molecule has 1 atom stereocenters. The molecule has 192 valence electrons. The fourth-order valence-electron chi connectivity index (χ4n) is 4.68. The first kappa shape index (κ1) is 25.9. The number of anilines is 2. The van der Waals surface area contributed by atoms with Crippen LogP contribution in [0, 0.1) is 6.92 Å². The zero-order valence-electron chi connectivity index (χ0n) is 21.4. The number of hydrogen-bond acceptors (Lipinski definition) is 5. The van der Waals surface area contributed by atoms with Crippen molar-refractivity contribution < 1.29 is 19.1 Å². The van der Waals surface area contributed by atoms with Gasteiger partial charge in [0.2, 0.25) is 0 Å². The topological polar surface area (TPSA) is 105 Å². The van der Waals surface area contributed by atoms with E-state index in [9.17, 15) is 14.4 Å². The molecule has 0 saturated carbocycles. The standard InChI is InChI=1S/C29H32N4O4/c1-19-9-4-5-10-21(19)28(35)31-23-15-14-20(17-26(23)37-18-27(30)34)29(36)33-16-8-13-24(32(2)3)22-11-6-7-12-25(22)33/h4-7,9-12,14-15,17,24H,8,13,16,18H2,1-3H3,(H2,30,34)(H,31,35). The van der Waals surface area contributed by atoms with Crippen molar-refractivity contribution >= 4 is 29.1 Å². The van der Waals surface area contributed by atoms with Crippen molar-refractivity contribution in [2.24, 2.45) is 5.73 Å². The van der Waals surface area contributed by atoms with Crippen LogP contribution in [0.5, 0.6) is 5.75 Å². The number of rotatable bonds is 7. The van der Waals surface area contributed by atoms with E-state index in [1.807, 2.05) is 51.4 Å². The van der Waals surface area contributed by atoms with Gasteiger partial charge in [0.25, 0.3) is 17.7 Å². The molecular weight excluding hydrogens is 468 g/mol. The summed E-state index contributed by atoms with van der Waals surface area (Å²) in [7, 11) is 4.09. The quantitative estimate of drug-likeness (QED) is 0.507. The van der Waals surface area contributed by atoms with E-state index in [1.165, 1.54) is 0 Å². The number of ether oxygens (including phenoxy) is 1. The molecule has 1 aliphatic heterocycles. The van der Waals surface area contributed by atoms with Gasteiger partial charge in [-0.25, -0.2) is 0 Å². The molecule has 1 unspecified atom stereocenters. The Morgan fingerprint density at radius 3 is 2.51 bits per heavy atom. The zero-order valence-corrected chi connectivity index (χ0v) is 21.4. The number of nitrogens with zero attached hydrogens (tertiary/aromatic N) is 2. The molecule has 3 aromatic carbocycles. The second-order valence-electron chi connectivity index (χ2n) is 9.37. The summed E-state index contributed by atoms with van der Waals surface area (Å²) in [6.45, 7) is 2.03. The number of carbonyl (C=O) groups is 3. The number of hydrogen-bond donors (Lipinski definition) is 2. The largest absolute Gasteiger partial charge is 0.482 e. The van der Waals surface area contributed by atoms with Gasteiger partial charge < -0.3 is 25.6 Å². The van der Waals surface area contributed by atoms with Crippen molar-refractivity contribution in [2.75, 3.05) is 37.5 Å². The number of nitrogens with two attached hydrogens (primary N) is 1. The van der Waals surface area contributed by atoms with Crippen LogP contribution in [0.3, 0.4) is 0 Å². The number of para-hydroxylation sites is 1. The van der Waals surface area contributed by atoms with E-state index in [4.69, 9.17) is 10.5 Å². The van der Waals surface area contributed by atoms with E-state index in [0.29, 0.717) is 23.4 Å². The highest BCUT2D eigenvalue weighted by Crippen LogP contribution is 2.37. The van der Waals surface area contributed by atoms with Crippen LogP contribution in [0.15, 0.2) is 66.7 Å². The molecule has 0 fully saturated rings. The molecule has 37 heavy (non-hydrogen) atoms. The molecule has 8 nitrogen and oxygen atoms in total. The summed E-state index contributed by atoms with van der Waals surface area (Å²) in [4.78, 5) is 42.1. The molecule has 1 heterocycles. The maximum absolute atomic E-state index is 13.8. The van der Waals surface area contributed by atoms with Crippen molar-refractivity contribution in [2.45, 2.75) is 25.8 Å². The minimum atomic E-state index is -0.663. The molecular formula is C29H32N4O4. The summed E-state index contributed by atoms with van der Waals surface area (Å²) >= 11 is 0. The van der Waals surface area contributed by atoms with Gasteiger partial charge in [0.05, 0.1) is 5.69 Å². The Kier molecular flexibility index (Phi) is 7.89. The monoisotopic (exact) mass is 500 g/mol. The molecule has 3 amide bonds. The number of nitrogens with one attached hydrogen (secondary N) is 1. The molecule has 0 saturated heterocycles.